The fourth-order valence-corrected chi connectivity index (χ4v) is 6.69. The number of hydroxylamine groups is 6. The van der Waals surface area contributed by atoms with Crippen molar-refractivity contribution in [3.63, 3.8) is 0 Å². The third-order valence-corrected chi connectivity index (χ3v) is 12.9. The molecule has 5 aromatic rings. The molecule has 0 aliphatic rings. The van der Waals surface area contributed by atoms with Gasteiger partial charge in [-0.05, 0) is 96.8 Å². The van der Waals surface area contributed by atoms with Crippen molar-refractivity contribution in [1.29, 1.82) is 0 Å². The second-order valence-electron chi connectivity index (χ2n) is 27.0. The molecule has 45 heteroatoms. The zero-order valence-electron chi connectivity index (χ0n) is 74.1. The number of rotatable bonds is 42. The summed E-state index contributed by atoms with van der Waals surface area (Å²) < 4.78 is 76.5. The number of H-pyrrole nitrogens is 1. The molecule has 0 unspecified atom stereocenters. The van der Waals surface area contributed by atoms with Crippen LogP contribution in [0.15, 0.2) is 60.7 Å². The maximum atomic E-state index is 11.5. The van der Waals surface area contributed by atoms with Crippen molar-refractivity contribution < 1.29 is 107 Å². The van der Waals surface area contributed by atoms with E-state index < -0.39 is 33.0 Å². The summed E-state index contributed by atoms with van der Waals surface area (Å²) >= 11 is 7.99. The first kappa shape index (κ1) is 133. The third kappa shape index (κ3) is 97.4. The van der Waals surface area contributed by atoms with Crippen LogP contribution < -0.4 is 63.9 Å². The summed E-state index contributed by atoms with van der Waals surface area (Å²) in [6.45, 7) is 48.6. The largest absolute Gasteiger partial charge is 0.726 e. The van der Waals surface area contributed by atoms with Crippen LogP contribution in [0.2, 0.25) is 5.28 Å². The first-order chi connectivity index (χ1) is 55.1. The van der Waals surface area contributed by atoms with E-state index in [0.717, 1.165) is 101 Å². The second-order valence-corrected chi connectivity index (χ2v) is 30.0. The smallest absolute Gasteiger partial charge is 0.433 e. The van der Waals surface area contributed by atoms with Gasteiger partial charge in [0.15, 0.2) is 0 Å². The molecule has 1 radical (unpaired) electrons. The Morgan fingerprint density at radius 2 is 0.843 bits per heavy atom. The van der Waals surface area contributed by atoms with Crippen LogP contribution in [0.3, 0.4) is 0 Å². The molecule has 0 saturated carbocycles. The molecule has 2 amide bonds. The second kappa shape index (κ2) is 87.2. The van der Waals surface area contributed by atoms with Gasteiger partial charge in [0, 0.05) is 79.0 Å². The zero-order chi connectivity index (χ0) is 90.0. The van der Waals surface area contributed by atoms with E-state index in [0.29, 0.717) is 116 Å². The maximum Gasteiger partial charge on any atom is 0.433 e. The first-order valence-electron chi connectivity index (χ1n) is 38.8. The number of hydrogen-bond donors (Lipinski definition) is 12. The quantitative estimate of drug-likeness (QED) is 0.00567. The summed E-state index contributed by atoms with van der Waals surface area (Å²) in [5, 5.41) is 23.5. The Balaban J connectivity index is -0.000000171. The number of hydrogen-bond acceptors (Lipinski definition) is 33. The van der Waals surface area contributed by atoms with Crippen molar-refractivity contribution in [3.8, 4) is 0 Å². The van der Waals surface area contributed by atoms with E-state index in [1.165, 1.54) is 6.42 Å². The van der Waals surface area contributed by atoms with E-state index in [4.69, 9.17) is 86.2 Å². The number of carbonyl (C=O) groups is 2. The van der Waals surface area contributed by atoms with Crippen LogP contribution in [0.25, 0.3) is 0 Å². The Kier molecular flexibility index (Phi) is 95.7. The summed E-state index contributed by atoms with van der Waals surface area (Å²) in [6.07, 6.45) is 6.25. The predicted molar refractivity (Wildman–Crippen MR) is 491 cm³/mol. The number of nitrogens with one attached hydrogen (secondary N) is 9. The molecule has 5 rings (SSSR count). The maximum absolute atomic E-state index is 11.5. The van der Waals surface area contributed by atoms with Crippen molar-refractivity contribution in [2.24, 2.45) is 41.4 Å². The van der Waals surface area contributed by atoms with Gasteiger partial charge in [0.1, 0.15) is 13.2 Å². The van der Waals surface area contributed by atoms with Gasteiger partial charge >= 0.3 is 40.4 Å². The van der Waals surface area contributed by atoms with Crippen LogP contribution in [-0.4, -0.2) is 199 Å². The molecule has 0 atom stereocenters. The fourth-order valence-electron chi connectivity index (χ4n) is 6.53. The van der Waals surface area contributed by atoms with Gasteiger partial charge in [-0.2, -0.15) is 60.3 Å². The fraction of sp³-hybridized carbons (Fsp3) is 0.684. The van der Waals surface area contributed by atoms with Crippen LogP contribution in [0.4, 0.5) is 57.2 Å². The average molecular weight is 1960 g/mol. The number of benzene rings is 2. The number of halogens is 3. The molecule has 0 spiro atoms. The Morgan fingerprint density at radius 3 is 1.17 bits per heavy atom. The van der Waals surface area contributed by atoms with Crippen molar-refractivity contribution in [2.45, 2.75) is 205 Å². The van der Waals surface area contributed by atoms with Crippen LogP contribution in [0.1, 0.15) is 202 Å². The van der Waals surface area contributed by atoms with E-state index in [9.17, 15) is 9.59 Å². The minimum atomic E-state index is -4.92. The van der Waals surface area contributed by atoms with Gasteiger partial charge in [0.05, 0.1) is 46.7 Å². The topological polar surface area (TPSA) is 509 Å². The molecule has 14 N–H and O–H groups in total. The molecule has 121 heavy (non-hydrogen) atoms. The third-order valence-electron chi connectivity index (χ3n) is 11.9. The summed E-state index contributed by atoms with van der Waals surface area (Å²) in [5.74, 6) is 12.2. The summed E-state index contributed by atoms with van der Waals surface area (Å²) in [6, 6.07) is 19.0. The van der Waals surface area contributed by atoms with Gasteiger partial charge in [-0.3, -0.25) is 32.6 Å². The average Bonchev–Trinajstić information content (AvgIpc) is 0.856. The molecular weight excluding hydrogens is 1810 g/mol. The van der Waals surface area contributed by atoms with Gasteiger partial charge in [0.2, 0.25) is 39.5 Å². The molecule has 0 saturated heterocycles. The Hall–Kier alpha value is -6.28. The summed E-state index contributed by atoms with van der Waals surface area (Å²) in [7, 11) is -2.61. The van der Waals surface area contributed by atoms with Gasteiger partial charge in [-0.25, -0.2) is 44.3 Å². The van der Waals surface area contributed by atoms with E-state index in [-0.39, 0.29) is 64.3 Å². The molecule has 0 aliphatic carbocycles. The van der Waals surface area contributed by atoms with Crippen molar-refractivity contribution in [1.82, 2.24) is 55.9 Å². The van der Waals surface area contributed by atoms with E-state index in [1.807, 2.05) is 116 Å². The number of anilines is 8. The molecule has 707 valence electrons. The van der Waals surface area contributed by atoms with Crippen molar-refractivity contribution in [3.05, 3.63) is 81.5 Å². The summed E-state index contributed by atoms with van der Waals surface area (Å²) in [5.41, 5.74) is 6.72. The SMILES string of the molecule is C.C.CC(C)CON.CC(C)CON(C)C(=O)OCc1ccccc1.CC(C)CONC(=O)OCc1ccccc1.CCCNc1nc(Cl)nc(NCCC)n1.CCCNc1nc(NCCC)[nH+]c(N(C)OCC(C)C)n1.CCCNc1nc(NCCC)nc(N(C)OCC(C)C)n1.CC[CH-]I.CNOCC(C)C.Cl.O=S(=O)(O)O.O=S(=O)([O-])O.[V]. The van der Waals surface area contributed by atoms with Gasteiger partial charge < -0.3 is 78.2 Å². The normalized spacial score (nSPS) is 10.1. The number of nitrogens with zero attached hydrogens (tertiary/aromatic N) is 11. The molecule has 3 aromatic heterocycles. The minimum Gasteiger partial charge on any atom is -0.726 e. The number of aromatic amines is 1. The van der Waals surface area contributed by atoms with Crippen LogP contribution in [0.5, 0.6) is 0 Å². The number of ether oxygens (including phenoxy) is 2. The summed E-state index contributed by atoms with van der Waals surface area (Å²) in [4.78, 5) is 90.5. The molecule has 2 aromatic carbocycles. The van der Waals surface area contributed by atoms with Gasteiger partial charge in [-0.15, -0.1) is 12.4 Å². The molecule has 0 fully saturated rings. The van der Waals surface area contributed by atoms with E-state index in [1.54, 1.807) is 24.2 Å². The number of amides is 2. The molecule has 0 aliphatic heterocycles. The van der Waals surface area contributed by atoms with Crippen LogP contribution >= 0.6 is 46.6 Å². The standard InChI is InChI=1S/2C14H28N6O.C13H19NO3.C12H17NO3.C9H16ClN5.C5H13NO.C4H11NO.C3H6I.2CH4.ClH.2H2O4S.V/c2*1-6-8-15-12-17-13(16-9-7-2)19-14(18-12)20(5)21-10-11(3)4;1-11(2)9-17-14(3)13(15)16-10-12-7-5-4-6-8-12;1-10(2)8-16-13-12(14)15-9-11-6-4-3-5-7-11;1-3-5-11-8-13-7(10)14-9(15-8)12-6-4-2;1-5(2)4-7-6-3;1-4(2)3-6-5;1-2-3-4;;;;2*1-5(2,3)4;/h2*11H,6-10H2,1-5H3,(H2,15,16,17,18,19);4-8,11H,9-10H2,1-3H3;3-7,10H,8-9H2,1-2H3,(H,13,14);3-6H2,1-2H3,(H2,11,12,13,14,15);5-6H,4H2,1-3H3;4H,3,5H2,1-2H3;3H,2H2,1H3;2*1H4;1H;2*(H2,1,2,3,4);/q;;;;;;;-1;;;;;;. The van der Waals surface area contributed by atoms with Gasteiger partial charge in [0.25, 0.3) is 5.95 Å². The molecular formula is C76H151Cl2IN21O18S2V-. The monoisotopic (exact) mass is 1960 g/mol. The Bertz CT molecular complexity index is 3200. The number of aromatic nitrogens is 9. The number of nitrogens with two attached hydrogens (primary N) is 1. The first-order valence-corrected chi connectivity index (χ1v) is 43.2. The van der Waals surface area contributed by atoms with Crippen molar-refractivity contribution >= 4 is 127 Å². The van der Waals surface area contributed by atoms with Crippen molar-refractivity contribution in [2.75, 3.05) is 149 Å². The zero-order valence-corrected chi connectivity index (χ0v) is 80.8. The minimum absolute atomic E-state index is 0. The van der Waals surface area contributed by atoms with E-state index >= 15 is 0 Å². The van der Waals surface area contributed by atoms with Gasteiger partial charge in [-0.1, -0.05) is 217 Å². The Labute approximate surface area is 761 Å². The van der Waals surface area contributed by atoms with E-state index in [2.05, 4.69) is 210 Å². The molecule has 3 heterocycles. The number of carbonyl (C=O) groups excluding carboxylic acids is 2. The van der Waals surface area contributed by atoms with Crippen LogP contribution in [0, 0.1) is 39.9 Å². The van der Waals surface area contributed by atoms with Crippen LogP contribution in [-0.2, 0) is 91.1 Å². The Morgan fingerprint density at radius 1 is 0.521 bits per heavy atom. The molecule has 39 nitrogen and oxygen atoms in total. The molecule has 0 bridgehead atoms. The predicted octanol–water partition coefficient (Wildman–Crippen LogP) is 15.4.